The second-order valence-electron chi connectivity index (χ2n) is 7.18. The molecule has 5 nitrogen and oxygen atoms in total. The van der Waals surface area contributed by atoms with Gasteiger partial charge in [-0.25, -0.2) is 0 Å². The fraction of sp³-hybridized carbons (Fsp3) is 0.722. The number of piperazine rings is 1. The molecule has 3 rings (SSSR count). The first-order valence-corrected chi connectivity index (χ1v) is 8.78. The largest absolute Gasteiger partial charge is 0.466 e. The van der Waals surface area contributed by atoms with Crippen LogP contribution < -0.4 is 0 Å². The lowest BCUT2D eigenvalue weighted by molar-refractivity contribution is -0.0339. The summed E-state index contributed by atoms with van der Waals surface area (Å²) in [5, 5.41) is 10.7. The molecule has 0 spiro atoms. The molecule has 1 aromatic heterocycles. The number of nitrogens with zero attached hydrogens (tertiary/aromatic N) is 2. The summed E-state index contributed by atoms with van der Waals surface area (Å²) in [6.45, 7) is 7.57. The molecule has 0 aromatic carbocycles. The summed E-state index contributed by atoms with van der Waals surface area (Å²) < 4.78 is 5.47. The molecular weight excluding hydrogens is 292 g/mol. The summed E-state index contributed by atoms with van der Waals surface area (Å²) in [7, 11) is 0. The van der Waals surface area contributed by atoms with Crippen LogP contribution in [0.2, 0.25) is 0 Å². The molecule has 1 saturated carbocycles. The molecule has 128 valence electrons. The van der Waals surface area contributed by atoms with Gasteiger partial charge in [-0.05, 0) is 32.8 Å². The van der Waals surface area contributed by atoms with Crippen LogP contribution in [0, 0.1) is 13.8 Å². The van der Waals surface area contributed by atoms with E-state index in [4.69, 9.17) is 4.42 Å². The highest BCUT2D eigenvalue weighted by Gasteiger charge is 2.33. The highest BCUT2D eigenvalue weighted by atomic mass is 16.3. The number of carbonyl (C=O) groups excluding carboxylic acids is 1. The smallest absolute Gasteiger partial charge is 0.257 e. The van der Waals surface area contributed by atoms with Crippen molar-refractivity contribution < 1.29 is 14.3 Å². The predicted molar refractivity (Wildman–Crippen MR) is 88.6 cm³/mol. The highest BCUT2D eigenvalue weighted by Crippen LogP contribution is 2.29. The number of β-amino-alcohol motifs (C(OH)–C–C–N with tert-alkyl or cyclic N) is 1. The number of hydrogen-bond donors (Lipinski definition) is 1. The van der Waals surface area contributed by atoms with E-state index in [1.165, 1.54) is 6.42 Å². The van der Waals surface area contributed by atoms with Crippen molar-refractivity contribution in [3.63, 3.8) is 0 Å². The Kier molecular flexibility index (Phi) is 4.78. The average molecular weight is 320 g/mol. The molecule has 1 aliphatic carbocycles. The molecule has 0 bridgehead atoms. The Morgan fingerprint density at radius 3 is 2.39 bits per heavy atom. The first-order valence-electron chi connectivity index (χ1n) is 8.78. The number of aliphatic hydroxyl groups is 1. The number of hydrogen-bond acceptors (Lipinski definition) is 4. The molecule has 2 aliphatic rings. The zero-order chi connectivity index (χ0) is 16.4. The van der Waals surface area contributed by atoms with Gasteiger partial charge in [0, 0.05) is 32.7 Å². The highest BCUT2D eigenvalue weighted by molar-refractivity contribution is 5.95. The summed E-state index contributed by atoms with van der Waals surface area (Å²) in [6, 6.07) is 1.83. The Hall–Kier alpha value is -1.33. The lowest BCUT2D eigenvalue weighted by Gasteiger charge is -2.41. The van der Waals surface area contributed by atoms with E-state index < -0.39 is 5.60 Å². The number of carbonyl (C=O) groups is 1. The van der Waals surface area contributed by atoms with E-state index in [1.807, 2.05) is 24.8 Å². The van der Waals surface area contributed by atoms with Gasteiger partial charge >= 0.3 is 0 Å². The van der Waals surface area contributed by atoms with Crippen molar-refractivity contribution in [3.8, 4) is 0 Å². The lowest BCUT2D eigenvalue weighted by Crippen LogP contribution is -2.53. The molecule has 1 aromatic rings. The van der Waals surface area contributed by atoms with Gasteiger partial charge in [0.2, 0.25) is 0 Å². The predicted octanol–water partition coefficient (Wildman–Crippen LogP) is 2.35. The third-order valence-corrected chi connectivity index (χ3v) is 5.23. The third kappa shape index (κ3) is 3.78. The second-order valence-corrected chi connectivity index (χ2v) is 7.18. The van der Waals surface area contributed by atoms with Crippen LogP contribution in [-0.2, 0) is 0 Å². The first kappa shape index (κ1) is 16.5. The van der Waals surface area contributed by atoms with Crippen LogP contribution in [0.3, 0.4) is 0 Å². The monoisotopic (exact) mass is 320 g/mol. The van der Waals surface area contributed by atoms with Gasteiger partial charge in [-0.1, -0.05) is 19.3 Å². The van der Waals surface area contributed by atoms with Crippen LogP contribution in [0.5, 0.6) is 0 Å². The number of amides is 1. The van der Waals surface area contributed by atoms with Crippen molar-refractivity contribution in [2.24, 2.45) is 0 Å². The van der Waals surface area contributed by atoms with E-state index in [9.17, 15) is 9.90 Å². The molecule has 0 radical (unpaired) electrons. The molecule has 2 fully saturated rings. The van der Waals surface area contributed by atoms with Gasteiger partial charge in [0.05, 0.1) is 11.2 Å². The van der Waals surface area contributed by atoms with Crippen LogP contribution in [0.15, 0.2) is 10.5 Å². The molecule has 0 unspecified atom stereocenters. The quantitative estimate of drug-likeness (QED) is 0.929. The average Bonchev–Trinajstić information content (AvgIpc) is 2.86. The van der Waals surface area contributed by atoms with Crippen molar-refractivity contribution >= 4 is 5.91 Å². The Labute approximate surface area is 138 Å². The van der Waals surface area contributed by atoms with Crippen LogP contribution >= 0.6 is 0 Å². The minimum absolute atomic E-state index is 0.0652. The normalized spacial score (nSPS) is 22.3. The van der Waals surface area contributed by atoms with Gasteiger partial charge in [0.1, 0.15) is 11.5 Å². The summed E-state index contributed by atoms with van der Waals surface area (Å²) in [5.41, 5.74) is 0.171. The van der Waals surface area contributed by atoms with Gasteiger partial charge in [-0.15, -0.1) is 0 Å². The van der Waals surface area contributed by atoms with E-state index in [0.717, 1.165) is 64.2 Å². The molecule has 5 heteroatoms. The third-order valence-electron chi connectivity index (χ3n) is 5.23. The van der Waals surface area contributed by atoms with Crippen LogP contribution in [0.25, 0.3) is 0 Å². The Balaban J connectivity index is 1.54. The molecule has 1 N–H and O–H groups in total. The molecule has 1 amide bonds. The van der Waals surface area contributed by atoms with Crippen molar-refractivity contribution in [3.05, 3.63) is 23.2 Å². The van der Waals surface area contributed by atoms with E-state index in [2.05, 4.69) is 4.90 Å². The fourth-order valence-corrected chi connectivity index (χ4v) is 3.91. The zero-order valence-electron chi connectivity index (χ0n) is 14.3. The fourth-order valence-electron chi connectivity index (χ4n) is 3.91. The number of furan rings is 1. The van der Waals surface area contributed by atoms with Gasteiger partial charge in [-0.3, -0.25) is 9.69 Å². The molecular formula is C18H28N2O3. The second kappa shape index (κ2) is 6.65. The molecule has 0 atom stereocenters. The molecule has 1 saturated heterocycles. The van der Waals surface area contributed by atoms with Gasteiger partial charge in [-0.2, -0.15) is 0 Å². The van der Waals surface area contributed by atoms with Gasteiger partial charge in [0.15, 0.2) is 0 Å². The molecule has 23 heavy (non-hydrogen) atoms. The van der Waals surface area contributed by atoms with Crippen molar-refractivity contribution in [2.75, 3.05) is 32.7 Å². The van der Waals surface area contributed by atoms with Gasteiger partial charge < -0.3 is 14.4 Å². The Morgan fingerprint density at radius 2 is 1.83 bits per heavy atom. The van der Waals surface area contributed by atoms with E-state index in [-0.39, 0.29) is 5.91 Å². The molecule has 2 heterocycles. The van der Waals surface area contributed by atoms with Crippen LogP contribution in [0.1, 0.15) is 54.0 Å². The zero-order valence-corrected chi connectivity index (χ0v) is 14.3. The number of rotatable bonds is 3. The number of aryl methyl sites for hydroxylation is 2. The Bertz CT molecular complexity index is 553. The first-order chi connectivity index (χ1) is 11.0. The maximum absolute atomic E-state index is 12.6. The summed E-state index contributed by atoms with van der Waals surface area (Å²) in [5.74, 6) is 1.55. The summed E-state index contributed by atoms with van der Waals surface area (Å²) in [4.78, 5) is 16.8. The minimum atomic E-state index is -0.511. The van der Waals surface area contributed by atoms with Gasteiger partial charge in [0.25, 0.3) is 5.91 Å². The summed E-state index contributed by atoms with van der Waals surface area (Å²) >= 11 is 0. The van der Waals surface area contributed by atoms with Crippen molar-refractivity contribution in [1.29, 1.82) is 0 Å². The standard InChI is InChI=1S/C18H28N2O3/c1-14-12-16(15(2)23-14)17(21)20-10-8-19(9-11-20)13-18(22)6-4-3-5-7-18/h12,22H,3-11,13H2,1-2H3. The van der Waals surface area contributed by atoms with E-state index >= 15 is 0 Å². The van der Waals surface area contributed by atoms with E-state index in [0.29, 0.717) is 11.3 Å². The maximum Gasteiger partial charge on any atom is 0.257 e. The lowest BCUT2D eigenvalue weighted by atomic mass is 9.84. The maximum atomic E-state index is 12.6. The Morgan fingerprint density at radius 1 is 1.17 bits per heavy atom. The molecule has 1 aliphatic heterocycles. The van der Waals surface area contributed by atoms with Crippen LogP contribution in [-0.4, -0.2) is 59.1 Å². The minimum Gasteiger partial charge on any atom is -0.466 e. The van der Waals surface area contributed by atoms with Crippen molar-refractivity contribution in [2.45, 2.75) is 51.6 Å². The van der Waals surface area contributed by atoms with Crippen LogP contribution in [0.4, 0.5) is 0 Å². The van der Waals surface area contributed by atoms with Crippen molar-refractivity contribution in [1.82, 2.24) is 9.80 Å². The topological polar surface area (TPSA) is 56.9 Å². The summed E-state index contributed by atoms with van der Waals surface area (Å²) in [6.07, 6.45) is 5.34. The van der Waals surface area contributed by atoms with E-state index in [1.54, 1.807) is 0 Å². The SMILES string of the molecule is Cc1cc(C(=O)N2CCN(CC3(O)CCCCC3)CC2)c(C)o1.